The van der Waals surface area contributed by atoms with Crippen LogP contribution < -0.4 is 0 Å². The van der Waals surface area contributed by atoms with E-state index in [2.05, 4.69) is 9.97 Å². The number of fused-ring (bicyclic) bond motifs is 1. The largest absolute Gasteiger partial charge is 0.387 e. The lowest BCUT2D eigenvalue weighted by Crippen LogP contribution is -1.94. The summed E-state index contributed by atoms with van der Waals surface area (Å²) in [5.74, 6) is 0. The predicted molar refractivity (Wildman–Crippen MR) is 51.3 cm³/mol. The van der Waals surface area contributed by atoms with Crippen LogP contribution >= 0.6 is 0 Å². The van der Waals surface area contributed by atoms with E-state index >= 15 is 0 Å². The molecule has 3 nitrogen and oxygen atoms in total. The zero-order valence-corrected chi connectivity index (χ0v) is 7.49. The Morgan fingerprint density at radius 3 is 3.15 bits per heavy atom. The fourth-order valence-electron chi connectivity index (χ4n) is 1.38. The average Bonchev–Trinajstić information content (AvgIpc) is 2.59. The topological polar surface area (TPSA) is 48.9 Å². The minimum Gasteiger partial charge on any atom is -0.387 e. The first-order valence-electron chi connectivity index (χ1n) is 4.43. The molecule has 0 saturated carbocycles. The van der Waals surface area contributed by atoms with Crippen molar-refractivity contribution in [2.45, 2.75) is 19.4 Å². The number of hydrogen-bond acceptors (Lipinski definition) is 2. The van der Waals surface area contributed by atoms with Crippen LogP contribution in [0.25, 0.3) is 11.0 Å². The van der Waals surface area contributed by atoms with Crippen LogP contribution in [0, 0.1) is 0 Å². The van der Waals surface area contributed by atoms with Crippen molar-refractivity contribution >= 4 is 11.0 Å². The maximum atomic E-state index is 9.57. The van der Waals surface area contributed by atoms with Crippen LogP contribution in [0.2, 0.25) is 0 Å². The van der Waals surface area contributed by atoms with Gasteiger partial charge in [0, 0.05) is 17.3 Å². The van der Waals surface area contributed by atoms with E-state index in [0.717, 1.165) is 16.7 Å². The molecule has 3 heteroatoms. The minimum absolute atomic E-state index is 0.408. The predicted octanol–water partition coefficient (Wildman–Crippen LogP) is 2.01. The first kappa shape index (κ1) is 8.26. The Morgan fingerprint density at radius 2 is 2.46 bits per heavy atom. The minimum atomic E-state index is -0.408. The smallest absolute Gasteiger partial charge is 0.137 e. The van der Waals surface area contributed by atoms with E-state index in [1.807, 2.05) is 25.1 Å². The zero-order chi connectivity index (χ0) is 9.26. The van der Waals surface area contributed by atoms with Gasteiger partial charge in [-0.15, -0.1) is 0 Å². The Balaban J connectivity index is 2.49. The van der Waals surface area contributed by atoms with Crippen molar-refractivity contribution in [3.8, 4) is 0 Å². The molecule has 0 aliphatic rings. The molecule has 2 N–H and O–H groups in total. The number of H-pyrrole nitrogens is 1. The highest BCUT2D eigenvalue weighted by Gasteiger charge is 2.07. The molecule has 0 saturated heterocycles. The third-order valence-corrected chi connectivity index (χ3v) is 2.16. The van der Waals surface area contributed by atoms with Crippen LogP contribution in [0.3, 0.4) is 0 Å². The molecule has 1 unspecified atom stereocenters. The number of pyridine rings is 1. The van der Waals surface area contributed by atoms with Crippen LogP contribution in [0.1, 0.15) is 25.1 Å². The SMILES string of the molecule is CCC(O)c1cc2cccnc2[nH]1. The second kappa shape index (κ2) is 3.18. The Labute approximate surface area is 76.4 Å². The highest BCUT2D eigenvalue weighted by atomic mass is 16.3. The summed E-state index contributed by atoms with van der Waals surface area (Å²) < 4.78 is 0. The van der Waals surface area contributed by atoms with Gasteiger partial charge in [0.05, 0.1) is 6.10 Å². The van der Waals surface area contributed by atoms with Crippen molar-refractivity contribution in [1.29, 1.82) is 0 Å². The van der Waals surface area contributed by atoms with Crippen LogP contribution in [-0.2, 0) is 0 Å². The monoisotopic (exact) mass is 176 g/mol. The molecule has 0 spiro atoms. The summed E-state index contributed by atoms with van der Waals surface area (Å²) in [6.45, 7) is 1.95. The molecule has 0 aliphatic carbocycles. The molecule has 2 aromatic heterocycles. The molecule has 2 aromatic rings. The van der Waals surface area contributed by atoms with Crippen LogP contribution in [-0.4, -0.2) is 15.1 Å². The molecule has 13 heavy (non-hydrogen) atoms. The van der Waals surface area contributed by atoms with E-state index in [1.54, 1.807) is 6.20 Å². The lowest BCUT2D eigenvalue weighted by Gasteiger charge is -2.02. The molecule has 68 valence electrons. The Hall–Kier alpha value is -1.35. The van der Waals surface area contributed by atoms with Gasteiger partial charge in [-0.05, 0) is 24.6 Å². The Morgan fingerprint density at radius 1 is 1.62 bits per heavy atom. The zero-order valence-electron chi connectivity index (χ0n) is 7.49. The van der Waals surface area contributed by atoms with Gasteiger partial charge < -0.3 is 10.1 Å². The number of aromatic amines is 1. The summed E-state index contributed by atoms with van der Waals surface area (Å²) >= 11 is 0. The van der Waals surface area contributed by atoms with Crippen molar-refractivity contribution in [2.24, 2.45) is 0 Å². The van der Waals surface area contributed by atoms with Crippen molar-refractivity contribution in [1.82, 2.24) is 9.97 Å². The van der Waals surface area contributed by atoms with Crippen molar-refractivity contribution in [2.75, 3.05) is 0 Å². The molecule has 2 rings (SSSR count). The van der Waals surface area contributed by atoms with Crippen molar-refractivity contribution in [3.05, 3.63) is 30.1 Å². The molecular formula is C10H12N2O. The second-order valence-corrected chi connectivity index (χ2v) is 3.09. The summed E-state index contributed by atoms with van der Waals surface area (Å²) in [5.41, 5.74) is 1.68. The van der Waals surface area contributed by atoms with Gasteiger partial charge in [-0.2, -0.15) is 0 Å². The lowest BCUT2D eigenvalue weighted by molar-refractivity contribution is 0.170. The van der Waals surface area contributed by atoms with Crippen LogP contribution in [0.15, 0.2) is 24.4 Å². The average molecular weight is 176 g/mol. The number of hydrogen-bond donors (Lipinski definition) is 2. The number of aliphatic hydroxyl groups excluding tert-OH is 1. The summed E-state index contributed by atoms with van der Waals surface area (Å²) in [5, 5.41) is 10.6. The highest BCUT2D eigenvalue weighted by molar-refractivity contribution is 5.76. The quantitative estimate of drug-likeness (QED) is 0.735. The molecule has 0 aliphatic heterocycles. The first-order valence-corrected chi connectivity index (χ1v) is 4.43. The molecule has 2 heterocycles. The van der Waals surface area contributed by atoms with Gasteiger partial charge in [0.25, 0.3) is 0 Å². The van der Waals surface area contributed by atoms with Gasteiger partial charge in [-0.3, -0.25) is 0 Å². The molecule has 0 bridgehead atoms. The number of nitrogens with zero attached hydrogens (tertiary/aromatic N) is 1. The van der Waals surface area contributed by atoms with E-state index in [9.17, 15) is 5.11 Å². The summed E-state index contributed by atoms with van der Waals surface area (Å²) in [6.07, 6.45) is 2.04. The van der Waals surface area contributed by atoms with E-state index in [0.29, 0.717) is 6.42 Å². The Bertz CT molecular complexity index is 375. The Kier molecular flexibility index (Phi) is 2.02. The second-order valence-electron chi connectivity index (χ2n) is 3.09. The van der Waals surface area contributed by atoms with Crippen molar-refractivity contribution < 1.29 is 5.11 Å². The first-order chi connectivity index (χ1) is 6.31. The molecule has 0 radical (unpaired) electrons. The standard InChI is InChI=1S/C10H12N2O/c1-2-9(13)8-6-7-4-3-5-11-10(7)12-8/h3-6,9,13H,2H2,1H3,(H,11,12). The molecule has 0 amide bonds. The van der Waals surface area contributed by atoms with Gasteiger partial charge in [-0.25, -0.2) is 4.98 Å². The molecule has 0 fully saturated rings. The lowest BCUT2D eigenvalue weighted by atomic mass is 10.2. The van der Waals surface area contributed by atoms with Gasteiger partial charge in [0.15, 0.2) is 0 Å². The summed E-state index contributed by atoms with van der Waals surface area (Å²) in [4.78, 5) is 7.24. The van der Waals surface area contributed by atoms with Crippen molar-refractivity contribution in [3.63, 3.8) is 0 Å². The molecule has 0 aromatic carbocycles. The fourth-order valence-corrected chi connectivity index (χ4v) is 1.38. The molecular weight excluding hydrogens is 164 g/mol. The number of aromatic nitrogens is 2. The van der Waals surface area contributed by atoms with Crippen LogP contribution in [0.5, 0.6) is 0 Å². The number of aliphatic hydroxyl groups is 1. The maximum Gasteiger partial charge on any atom is 0.137 e. The van der Waals surface area contributed by atoms with Gasteiger partial charge in [0.1, 0.15) is 5.65 Å². The normalized spacial score (nSPS) is 13.4. The number of nitrogens with one attached hydrogen (secondary N) is 1. The van der Waals surface area contributed by atoms with E-state index in [-0.39, 0.29) is 0 Å². The van der Waals surface area contributed by atoms with Gasteiger partial charge >= 0.3 is 0 Å². The van der Waals surface area contributed by atoms with E-state index in [1.165, 1.54) is 0 Å². The summed E-state index contributed by atoms with van der Waals surface area (Å²) in [6, 6.07) is 5.81. The van der Waals surface area contributed by atoms with Gasteiger partial charge in [-0.1, -0.05) is 6.92 Å². The fraction of sp³-hybridized carbons (Fsp3) is 0.300. The van der Waals surface area contributed by atoms with E-state index < -0.39 is 6.10 Å². The van der Waals surface area contributed by atoms with E-state index in [4.69, 9.17) is 0 Å². The summed E-state index contributed by atoms with van der Waals surface area (Å²) in [7, 11) is 0. The third kappa shape index (κ3) is 1.42. The molecule has 1 atom stereocenters. The highest BCUT2D eigenvalue weighted by Crippen LogP contribution is 2.19. The van der Waals surface area contributed by atoms with Crippen LogP contribution in [0.4, 0.5) is 0 Å². The van der Waals surface area contributed by atoms with Gasteiger partial charge in [0.2, 0.25) is 0 Å². The third-order valence-electron chi connectivity index (χ3n) is 2.16. The number of rotatable bonds is 2. The maximum absolute atomic E-state index is 9.57.